The molecule has 0 aliphatic heterocycles. The van der Waals surface area contributed by atoms with Crippen molar-refractivity contribution in [1.82, 2.24) is 19.4 Å². The van der Waals surface area contributed by atoms with Crippen LogP contribution in [0.4, 0.5) is 0 Å². The molecule has 2 heterocycles. The summed E-state index contributed by atoms with van der Waals surface area (Å²) in [4.78, 5) is 42.1. The normalized spacial score (nSPS) is 12.1. The Hall–Kier alpha value is -3.22. The van der Waals surface area contributed by atoms with Crippen LogP contribution in [-0.2, 0) is 20.5 Å². The highest BCUT2D eigenvalue weighted by Gasteiger charge is 2.20. The third-order valence-electron chi connectivity index (χ3n) is 4.87. The molecule has 0 saturated heterocycles. The molecule has 2 aromatic heterocycles. The summed E-state index contributed by atoms with van der Waals surface area (Å²) in [6.07, 6.45) is 1.61. The fourth-order valence-electron chi connectivity index (χ4n) is 3.26. The topological polar surface area (TPSA) is 86.0 Å². The highest BCUT2D eigenvalue weighted by molar-refractivity contribution is 6.05. The Balaban J connectivity index is 1.91. The summed E-state index contributed by atoms with van der Waals surface area (Å²) < 4.78 is 2.29. The lowest BCUT2D eigenvalue weighted by Gasteiger charge is -2.16. The van der Waals surface area contributed by atoms with Crippen LogP contribution in [0.15, 0.2) is 46.0 Å². The number of aromatic nitrogens is 3. The Labute approximate surface area is 162 Å². The molecule has 1 N–H and O–H groups in total. The second kappa shape index (κ2) is 7.80. The quantitative estimate of drug-likeness (QED) is 0.730. The van der Waals surface area contributed by atoms with Crippen LogP contribution in [0, 0.1) is 6.92 Å². The molecule has 7 heteroatoms. The highest BCUT2D eigenvalue weighted by atomic mass is 16.2. The van der Waals surface area contributed by atoms with E-state index in [0.717, 1.165) is 17.4 Å². The van der Waals surface area contributed by atoms with Crippen LogP contribution in [0.5, 0.6) is 0 Å². The molecular weight excluding hydrogens is 356 g/mol. The van der Waals surface area contributed by atoms with Gasteiger partial charge < -0.3 is 5.32 Å². The first-order chi connectivity index (χ1) is 13.3. The highest BCUT2D eigenvalue weighted by Crippen LogP contribution is 2.14. The van der Waals surface area contributed by atoms with Crippen molar-refractivity contribution in [2.45, 2.75) is 32.7 Å². The lowest BCUT2D eigenvalue weighted by atomic mass is 10.1. The first kappa shape index (κ1) is 19.5. The predicted octanol–water partition coefficient (Wildman–Crippen LogP) is 1.69. The smallest absolute Gasteiger partial charge is 0.332 e. The summed E-state index contributed by atoms with van der Waals surface area (Å²) in [5.74, 6) is -0.341. The van der Waals surface area contributed by atoms with E-state index in [9.17, 15) is 14.4 Å². The van der Waals surface area contributed by atoms with Crippen molar-refractivity contribution in [3.05, 3.63) is 74.1 Å². The first-order valence-corrected chi connectivity index (χ1v) is 9.21. The molecule has 146 valence electrons. The fraction of sp³-hybridized carbons (Fsp3) is 0.333. The average molecular weight is 380 g/mol. The molecule has 0 aliphatic rings. The van der Waals surface area contributed by atoms with Crippen LogP contribution in [0.1, 0.15) is 35.0 Å². The maximum absolute atomic E-state index is 12.9. The number of hydrogen-bond acceptors (Lipinski definition) is 4. The number of rotatable bonds is 5. The average Bonchev–Trinajstić information content (AvgIpc) is 2.69. The van der Waals surface area contributed by atoms with Gasteiger partial charge in [-0.15, -0.1) is 0 Å². The van der Waals surface area contributed by atoms with E-state index in [1.807, 2.05) is 25.1 Å². The Morgan fingerprint density at radius 3 is 2.50 bits per heavy atom. The molecule has 0 saturated carbocycles. The van der Waals surface area contributed by atoms with Gasteiger partial charge in [-0.05, 0) is 38.3 Å². The minimum atomic E-state index is -0.521. The molecule has 28 heavy (non-hydrogen) atoms. The summed E-state index contributed by atoms with van der Waals surface area (Å²) in [5, 5.41) is 3.12. The second-order valence-electron chi connectivity index (χ2n) is 7.11. The Kier molecular flexibility index (Phi) is 5.44. The van der Waals surface area contributed by atoms with Crippen molar-refractivity contribution in [3.63, 3.8) is 0 Å². The lowest BCUT2D eigenvalue weighted by Crippen LogP contribution is -2.39. The maximum atomic E-state index is 12.9. The maximum Gasteiger partial charge on any atom is 0.332 e. The number of aryl methyl sites for hydroxylation is 3. The molecule has 3 aromatic rings. The number of nitrogens with one attached hydrogen (secondary N) is 1. The third-order valence-corrected chi connectivity index (χ3v) is 4.87. The molecule has 0 bridgehead atoms. The molecule has 1 aromatic carbocycles. The largest absolute Gasteiger partial charge is 0.350 e. The van der Waals surface area contributed by atoms with Crippen molar-refractivity contribution in [2.75, 3.05) is 0 Å². The first-order valence-electron chi connectivity index (χ1n) is 9.21. The molecule has 1 unspecified atom stereocenters. The summed E-state index contributed by atoms with van der Waals surface area (Å²) in [5.41, 5.74) is 1.24. The summed E-state index contributed by atoms with van der Waals surface area (Å²) in [6, 6.07) is 11.6. The van der Waals surface area contributed by atoms with Gasteiger partial charge in [0.1, 0.15) is 5.65 Å². The van der Waals surface area contributed by atoms with Crippen molar-refractivity contribution >= 4 is 16.9 Å². The van der Waals surface area contributed by atoms with Gasteiger partial charge in [0.15, 0.2) is 0 Å². The second-order valence-corrected chi connectivity index (χ2v) is 7.11. The molecule has 0 fully saturated rings. The molecule has 0 aliphatic carbocycles. The van der Waals surface area contributed by atoms with Gasteiger partial charge in [-0.3, -0.25) is 18.7 Å². The van der Waals surface area contributed by atoms with E-state index in [-0.39, 0.29) is 28.5 Å². The number of carbonyl (C=O) groups excluding carboxylic acids is 1. The van der Waals surface area contributed by atoms with Gasteiger partial charge in [0.25, 0.3) is 11.5 Å². The van der Waals surface area contributed by atoms with E-state index >= 15 is 0 Å². The molecule has 1 atom stereocenters. The molecule has 7 nitrogen and oxygen atoms in total. The number of pyridine rings is 1. The van der Waals surface area contributed by atoms with Crippen LogP contribution in [0.25, 0.3) is 11.0 Å². The zero-order chi connectivity index (χ0) is 20.4. The minimum absolute atomic E-state index is 0.0763. The molecular formula is C21H24N4O3. The van der Waals surface area contributed by atoms with Crippen LogP contribution in [0.2, 0.25) is 0 Å². The SMILES string of the molecule is Cc1cc(C(=O)NC(C)CCc2ccccc2)c2c(=O)n(C)c(=O)n(C)c2n1. The van der Waals surface area contributed by atoms with Gasteiger partial charge in [-0.2, -0.15) is 0 Å². The number of fused-ring (bicyclic) bond motifs is 1. The zero-order valence-electron chi connectivity index (χ0n) is 16.5. The van der Waals surface area contributed by atoms with E-state index < -0.39 is 11.2 Å². The number of hydrogen-bond donors (Lipinski definition) is 1. The van der Waals surface area contributed by atoms with Gasteiger partial charge in [-0.1, -0.05) is 30.3 Å². The van der Waals surface area contributed by atoms with Crippen molar-refractivity contribution in [3.8, 4) is 0 Å². The summed E-state index contributed by atoms with van der Waals surface area (Å²) in [6.45, 7) is 3.67. The van der Waals surface area contributed by atoms with E-state index in [2.05, 4.69) is 22.4 Å². The van der Waals surface area contributed by atoms with E-state index in [1.165, 1.54) is 17.2 Å². The monoisotopic (exact) mass is 380 g/mol. The van der Waals surface area contributed by atoms with Gasteiger partial charge in [-0.25, -0.2) is 9.78 Å². The molecule has 3 rings (SSSR count). The van der Waals surface area contributed by atoms with Gasteiger partial charge in [0.05, 0.1) is 10.9 Å². The van der Waals surface area contributed by atoms with Gasteiger partial charge >= 0.3 is 5.69 Å². The molecule has 0 spiro atoms. The molecule has 1 amide bonds. The Morgan fingerprint density at radius 1 is 1.14 bits per heavy atom. The number of benzene rings is 1. The third kappa shape index (κ3) is 3.74. The van der Waals surface area contributed by atoms with Crippen LogP contribution in [0.3, 0.4) is 0 Å². The van der Waals surface area contributed by atoms with E-state index in [0.29, 0.717) is 5.69 Å². The van der Waals surface area contributed by atoms with E-state index in [1.54, 1.807) is 20.0 Å². The number of nitrogens with zero attached hydrogens (tertiary/aromatic N) is 3. The zero-order valence-corrected chi connectivity index (χ0v) is 16.5. The fourth-order valence-corrected chi connectivity index (χ4v) is 3.26. The van der Waals surface area contributed by atoms with E-state index in [4.69, 9.17) is 0 Å². The van der Waals surface area contributed by atoms with Crippen molar-refractivity contribution in [2.24, 2.45) is 14.1 Å². The van der Waals surface area contributed by atoms with Crippen LogP contribution >= 0.6 is 0 Å². The van der Waals surface area contributed by atoms with Crippen LogP contribution in [-0.4, -0.2) is 26.1 Å². The molecule has 0 radical (unpaired) electrons. The van der Waals surface area contributed by atoms with Crippen molar-refractivity contribution in [1.29, 1.82) is 0 Å². The number of carbonyl (C=O) groups is 1. The minimum Gasteiger partial charge on any atom is -0.350 e. The van der Waals surface area contributed by atoms with Crippen LogP contribution < -0.4 is 16.6 Å². The standard InChI is InChI=1S/C21H24N4O3/c1-13(10-11-15-8-6-5-7-9-15)23-19(26)16-12-14(2)22-18-17(16)20(27)25(4)21(28)24(18)3/h5-9,12-13H,10-11H2,1-4H3,(H,23,26). The Morgan fingerprint density at radius 2 is 1.82 bits per heavy atom. The van der Waals surface area contributed by atoms with Gasteiger partial charge in [0, 0.05) is 25.8 Å². The summed E-state index contributed by atoms with van der Waals surface area (Å²) >= 11 is 0. The lowest BCUT2D eigenvalue weighted by molar-refractivity contribution is 0.0940. The van der Waals surface area contributed by atoms with Gasteiger partial charge in [0.2, 0.25) is 0 Å². The predicted molar refractivity (Wildman–Crippen MR) is 109 cm³/mol. The number of amides is 1. The van der Waals surface area contributed by atoms with Crippen molar-refractivity contribution < 1.29 is 4.79 Å². The Bertz CT molecular complexity index is 1150. The summed E-state index contributed by atoms with van der Waals surface area (Å²) in [7, 11) is 2.94.